The monoisotopic (exact) mass is 177 g/mol. The number of hydrogen-bond acceptors (Lipinski definition) is 3. The summed E-state index contributed by atoms with van der Waals surface area (Å²) < 4.78 is 0. The number of rotatable bonds is 0. The summed E-state index contributed by atoms with van der Waals surface area (Å²) in [6.07, 6.45) is 1.67. The molecule has 0 saturated heterocycles. The minimum absolute atomic E-state index is 0.0659. The number of hydrogen-bond donors (Lipinski definition) is 1. The normalized spacial score (nSPS) is 14.8. The standard InChI is InChI=1S/C9H7NOS/c11-9-6-12-8-4-2-1-3-7(8)5-10-9/h1-6,11H. The third kappa shape index (κ3) is 1.36. The van der Waals surface area contributed by atoms with Gasteiger partial charge in [-0.1, -0.05) is 30.0 Å². The van der Waals surface area contributed by atoms with Crippen molar-refractivity contribution in [3.8, 4) is 0 Å². The van der Waals surface area contributed by atoms with Crippen molar-refractivity contribution >= 4 is 18.0 Å². The van der Waals surface area contributed by atoms with Crippen LogP contribution in [0.15, 0.2) is 45.4 Å². The van der Waals surface area contributed by atoms with Crippen LogP contribution in [-0.2, 0) is 0 Å². The molecule has 0 saturated carbocycles. The van der Waals surface area contributed by atoms with Crippen molar-refractivity contribution in [2.24, 2.45) is 4.99 Å². The Morgan fingerprint density at radius 3 is 3.00 bits per heavy atom. The maximum atomic E-state index is 9.10. The first-order valence-electron chi connectivity index (χ1n) is 3.55. The highest BCUT2D eigenvalue weighted by atomic mass is 32.2. The summed E-state index contributed by atoms with van der Waals surface area (Å²) in [5.41, 5.74) is 1.04. The third-order valence-corrected chi connectivity index (χ3v) is 2.50. The minimum Gasteiger partial charge on any atom is -0.493 e. The number of nitrogens with zero attached hydrogens (tertiary/aromatic N) is 1. The molecule has 0 fully saturated rings. The van der Waals surface area contributed by atoms with Gasteiger partial charge in [0.05, 0.1) is 0 Å². The van der Waals surface area contributed by atoms with E-state index in [2.05, 4.69) is 4.99 Å². The zero-order chi connectivity index (χ0) is 8.39. The van der Waals surface area contributed by atoms with Crippen LogP contribution < -0.4 is 0 Å². The lowest BCUT2D eigenvalue weighted by atomic mass is 10.2. The topological polar surface area (TPSA) is 32.6 Å². The molecule has 0 aromatic heterocycles. The highest BCUT2D eigenvalue weighted by molar-refractivity contribution is 8.02. The number of aliphatic hydroxyl groups is 1. The van der Waals surface area contributed by atoms with E-state index < -0.39 is 0 Å². The van der Waals surface area contributed by atoms with Crippen molar-refractivity contribution in [2.75, 3.05) is 0 Å². The van der Waals surface area contributed by atoms with E-state index in [1.165, 1.54) is 11.8 Å². The van der Waals surface area contributed by atoms with Crippen molar-refractivity contribution < 1.29 is 5.11 Å². The fourth-order valence-corrected chi connectivity index (χ4v) is 1.68. The molecular formula is C9H7NOS. The SMILES string of the molecule is OC1=CSc2ccccc2C=N1. The van der Waals surface area contributed by atoms with Crippen LogP contribution in [0.3, 0.4) is 0 Å². The van der Waals surface area contributed by atoms with E-state index in [9.17, 15) is 0 Å². The van der Waals surface area contributed by atoms with Gasteiger partial charge in [0.15, 0.2) is 0 Å². The van der Waals surface area contributed by atoms with Gasteiger partial charge < -0.3 is 5.11 Å². The molecule has 1 heterocycles. The van der Waals surface area contributed by atoms with Crippen molar-refractivity contribution in [3.05, 3.63) is 41.1 Å². The van der Waals surface area contributed by atoms with Crippen molar-refractivity contribution in [3.63, 3.8) is 0 Å². The fourth-order valence-electron chi connectivity index (χ4n) is 0.977. The molecule has 0 unspecified atom stereocenters. The molecule has 60 valence electrons. The summed E-state index contributed by atoms with van der Waals surface area (Å²) >= 11 is 1.48. The van der Waals surface area contributed by atoms with Crippen molar-refractivity contribution in [2.45, 2.75) is 4.90 Å². The summed E-state index contributed by atoms with van der Waals surface area (Å²) in [5.74, 6) is 0.0659. The van der Waals surface area contributed by atoms with E-state index in [1.54, 1.807) is 11.6 Å². The molecule has 0 radical (unpaired) electrons. The van der Waals surface area contributed by atoms with Gasteiger partial charge in [-0.3, -0.25) is 0 Å². The summed E-state index contributed by atoms with van der Waals surface area (Å²) in [4.78, 5) is 4.95. The highest BCUT2D eigenvalue weighted by Gasteiger charge is 2.02. The zero-order valence-electron chi connectivity index (χ0n) is 6.27. The van der Waals surface area contributed by atoms with E-state index in [4.69, 9.17) is 5.11 Å². The van der Waals surface area contributed by atoms with E-state index >= 15 is 0 Å². The molecule has 0 spiro atoms. The molecule has 3 heteroatoms. The second kappa shape index (κ2) is 3.03. The van der Waals surface area contributed by atoms with Gasteiger partial charge in [0.2, 0.25) is 5.88 Å². The number of benzene rings is 1. The average Bonchev–Trinajstić information content (AvgIpc) is 2.29. The molecule has 0 bridgehead atoms. The lowest BCUT2D eigenvalue weighted by molar-refractivity contribution is 0.409. The van der Waals surface area contributed by atoms with E-state index in [-0.39, 0.29) is 5.88 Å². The predicted octanol–water partition coefficient (Wildman–Crippen LogP) is 2.57. The van der Waals surface area contributed by atoms with Crippen molar-refractivity contribution in [1.82, 2.24) is 0 Å². The van der Waals surface area contributed by atoms with Crippen LogP contribution in [0.2, 0.25) is 0 Å². The van der Waals surface area contributed by atoms with Gasteiger partial charge in [-0.25, -0.2) is 4.99 Å². The summed E-state index contributed by atoms with van der Waals surface area (Å²) in [7, 11) is 0. The summed E-state index contributed by atoms with van der Waals surface area (Å²) in [5, 5.41) is 10.7. The fraction of sp³-hybridized carbons (Fsp3) is 0. The van der Waals surface area contributed by atoms with Gasteiger partial charge >= 0.3 is 0 Å². The highest BCUT2D eigenvalue weighted by Crippen LogP contribution is 2.25. The van der Waals surface area contributed by atoms with Crippen LogP contribution in [0.4, 0.5) is 0 Å². The van der Waals surface area contributed by atoms with Crippen LogP contribution in [0.25, 0.3) is 0 Å². The Labute approximate surface area is 74.6 Å². The molecule has 1 aliphatic rings. The minimum atomic E-state index is 0.0659. The Kier molecular flexibility index (Phi) is 1.87. The average molecular weight is 177 g/mol. The van der Waals surface area contributed by atoms with Crippen LogP contribution in [0.5, 0.6) is 0 Å². The van der Waals surface area contributed by atoms with Gasteiger partial charge in [-0.05, 0) is 6.07 Å². The molecule has 0 aliphatic carbocycles. The Balaban J connectivity index is 2.48. The zero-order valence-corrected chi connectivity index (χ0v) is 7.08. The first-order valence-corrected chi connectivity index (χ1v) is 4.43. The third-order valence-electron chi connectivity index (χ3n) is 1.55. The largest absolute Gasteiger partial charge is 0.493 e. The van der Waals surface area contributed by atoms with E-state index in [0.29, 0.717) is 0 Å². The quantitative estimate of drug-likeness (QED) is 0.660. The number of aliphatic hydroxyl groups excluding tert-OH is 1. The van der Waals surface area contributed by atoms with Crippen molar-refractivity contribution in [1.29, 1.82) is 0 Å². The lowest BCUT2D eigenvalue weighted by Crippen LogP contribution is -1.81. The number of fused-ring (bicyclic) bond motifs is 1. The Hall–Kier alpha value is -1.22. The van der Waals surface area contributed by atoms with Crippen LogP contribution in [-0.4, -0.2) is 11.3 Å². The molecule has 0 amide bonds. The van der Waals surface area contributed by atoms with E-state index in [0.717, 1.165) is 10.5 Å². The molecule has 2 nitrogen and oxygen atoms in total. The van der Waals surface area contributed by atoms with Crippen LogP contribution >= 0.6 is 11.8 Å². The maximum absolute atomic E-state index is 9.10. The molecule has 0 atom stereocenters. The van der Waals surface area contributed by atoms with Gasteiger partial charge in [0.1, 0.15) is 0 Å². The first kappa shape index (κ1) is 7.43. The molecule has 1 aromatic carbocycles. The first-order chi connectivity index (χ1) is 5.86. The van der Waals surface area contributed by atoms with Crippen LogP contribution in [0.1, 0.15) is 5.56 Å². The molecule has 2 rings (SSSR count). The molecule has 1 N–H and O–H groups in total. The molecular weight excluding hydrogens is 170 g/mol. The second-order valence-corrected chi connectivity index (χ2v) is 3.30. The maximum Gasteiger partial charge on any atom is 0.217 e. The number of aliphatic imine (C=N–C) groups is 1. The van der Waals surface area contributed by atoms with Gasteiger partial charge in [0.25, 0.3) is 0 Å². The van der Waals surface area contributed by atoms with Gasteiger partial charge in [-0.2, -0.15) is 0 Å². The molecule has 12 heavy (non-hydrogen) atoms. The van der Waals surface area contributed by atoms with Gasteiger partial charge in [0, 0.05) is 22.1 Å². The Bertz CT molecular complexity index is 357. The van der Waals surface area contributed by atoms with E-state index in [1.807, 2.05) is 24.3 Å². The smallest absolute Gasteiger partial charge is 0.217 e. The lowest BCUT2D eigenvalue weighted by Gasteiger charge is -1.97. The van der Waals surface area contributed by atoms with Gasteiger partial charge in [-0.15, -0.1) is 0 Å². The molecule has 1 aromatic rings. The summed E-state index contributed by atoms with van der Waals surface area (Å²) in [6, 6.07) is 7.89. The molecule has 1 aliphatic heterocycles. The Morgan fingerprint density at radius 1 is 1.25 bits per heavy atom. The number of thioether (sulfide) groups is 1. The second-order valence-electron chi connectivity index (χ2n) is 2.39. The Morgan fingerprint density at radius 2 is 2.08 bits per heavy atom. The predicted molar refractivity (Wildman–Crippen MR) is 50.6 cm³/mol. The van der Waals surface area contributed by atoms with Crippen LogP contribution in [0, 0.1) is 0 Å². The summed E-state index contributed by atoms with van der Waals surface area (Å²) in [6.45, 7) is 0.